The van der Waals surface area contributed by atoms with Crippen LogP contribution in [0.2, 0.25) is 0 Å². The predicted molar refractivity (Wildman–Crippen MR) is 64.0 cm³/mol. The van der Waals surface area contributed by atoms with Crippen LogP contribution < -0.4 is 5.32 Å². The zero-order valence-electron chi connectivity index (χ0n) is 9.29. The lowest BCUT2D eigenvalue weighted by Crippen LogP contribution is -2.05. The minimum atomic E-state index is 0.112. The van der Waals surface area contributed by atoms with E-state index in [9.17, 15) is 4.79 Å². The number of rotatable bonds is 5. The lowest BCUT2D eigenvalue weighted by molar-refractivity contribution is 0.101. The first-order chi connectivity index (χ1) is 7.24. The Morgan fingerprint density at radius 3 is 2.93 bits per heavy atom. The van der Waals surface area contributed by atoms with Gasteiger partial charge in [0.25, 0.3) is 0 Å². The van der Waals surface area contributed by atoms with E-state index in [1.165, 1.54) is 0 Å². The van der Waals surface area contributed by atoms with Crippen LogP contribution in [0.25, 0.3) is 6.08 Å². The summed E-state index contributed by atoms with van der Waals surface area (Å²) in [7, 11) is 1.93. The van der Waals surface area contributed by atoms with Crippen molar-refractivity contribution in [2.24, 2.45) is 0 Å². The van der Waals surface area contributed by atoms with E-state index in [1.54, 1.807) is 6.92 Å². The number of hydrogen-bond acceptors (Lipinski definition) is 2. The van der Waals surface area contributed by atoms with Gasteiger partial charge in [-0.25, -0.2) is 0 Å². The highest BCUT2D eigenvalue weighted by molar-refractivity contribution is 5.94. The van der Waals surface area contributed by atoms with Gasteiger partial charge in [-0.05, 0) is 38.6 Å². The van der Waals surface area contributed by atoms with Crippen molar-refractivity contribution < 1.29 is 4.79 Å². The molecule has 0 atom stereocenters. The minimum absolute atomic E-state index is 0.112. The lowest BCUT2D eigenvalue weighted by atomic mass is 10.1. The second kappa shape index (κ2) is 6.14. The van der Waals surface area contributed by atoms with Crippen LogP contribution in [0.5, 0.6) is 0 Å². The average molecular weight is 203 g/mol. The van der Waals surface area contributed by atoms with Gasteiger partial charge in [-0.1, -0.05) is 30.4 Å². The van der Waals surface area contributed by atoms with Crippen molar-refractivity contribution in [3.05, 3.63) is 41.5 Å². The van der Waals surface area contributed by atoms with Gasteiger partial charge >= 0.3 is 0 Å². The van der Waals surface area contributed by atoms with Crippen LogP contribution in [-0.4, -0.2) is 19.4 Å². The number of nitrogens with one attached hydrogen (secondary N) is 1. The van der Waals surface area contributed by atoms with Crippen LogP contribution in [0.15, 0.2) is 30.3 Å². The Morgan fingerprint density at radius 2 is 2.27 bits per heavy atom. The van der Waals surface area contributed by atoms with Gasteiger partial charge in [0.05, 0.1) is 0 Å². The number of carbonyl (C=O) groups excluding carboxylic acids is 1. The van der Waals surface area contributed by atoms with Crippen LogP contribution in [0, 0.1) is 0 Å². The Labute approximate surface area is 91.0 Å². The minimum Gasteiger partial charge on any atom is -0.319 e. The topological polar surface area (TPSA) is 29.1 Å². The summed E-state index contributed by atoms with van der Waals surface area (Å²) in [6, 6.07) is 7.67. The van der Waals surface area contributed by atoms with E-state index in [-0.39, 0.29) is 5.78 Å². The lowest BCUT2D eigenvalue weighted by Gasteiger charge is -1.97. The molecule has 80 valence electrons. The predicted octanol–water partition coefficient (Wildman–Crippen LogP) is 2.51. The highest BCUT2D eigenvalue weighted by Gasteiger charge is 1.97. The van der Waals surface area contributed by atoms with Crippen molar-refractivity contribution in [2.45, 2.75) is 13.3 Å². The van der Waals surface area contributed by atoms with E-state index in [0.717, 1.165) is 24.1 Å². The third-order valence-corrected chi connectivity index (χ3v) is 2.16. The Bertz CT molecular complexity index is 355. The molecule has 0 heterocycles. The fourth-order valence-corrected chi connectivity index (χ4v) is 1.31. The Kier molecular flexibility index (Phi) is 4.78. The molecule has 15 heavy (non-hydrogen) atoms. The third kappa shape index (κ3) is 4.09. The van der Waals surface area contributed by atoms with Crippen LogP contribution >= 0.6 is 0 Å². The van der Waals surface area contributed by atoms with Crippen LogP contribution in [0.3, 0.4) is 0 Å². The molecule has 0 aliphatic carbocycles. The zero-order valence-corrected chi connectivity index (χ0v) is 9.29. The van der Waals surface area contributed by atoms with Gasteiger partial charge in [-0.3, -0.25) is 4.79 Å². The highest BCUT2D eigenvalue weighted by atomic mass is 16.1. The van der Waals surface area contributed by atoms with Gasteiger partial charge < -0.3 is 5.32 Å². The molecule has 0 aliphatic heterocycles. The molecule has 0 aromatic heterocycles. The van der Waals surface area contributed by atoms with Gasteiger partial charge in [0.2, 0.25) is 0 Å². The molecule has 0 amide bonds. The summed E-state index contributed by atoms with van der Waals surface area (Å²) in [4.78, 5) is 11.1. The van der Waals surface area contributed by atoms with Gasteiger partial charge in [0.15, 0.2) is 5.78 Å². The largest absolute Gasteiger partial charge is 0.319 e. The Balaban J connectivity index is 2.65. The number of benzene rings is 1. The first-order valence-corrected chi connectivity index (χ1v) is 5.16. The number of hydrogen-bond donors (Lipinski definition) is 1. The fourth-order valence-electron chi connectivity index (χ4n) is 1.31. The summed E-state index contributed by atoms with van der Waals surface area (Å²) in [5, 5.41) is 3.08. The molecule has 1 N–H and O–H groups in total. The summed E-state index contributed by atoms with van der Waals surface area (Å²) >= 11 is 0. The van der Waals surface area contributed by atoms with Crippen molar-refractivity contribution in [1.82, 2.24) is 5.32 Å². The molecule has 0 fully saturated rings. The molecule has 0 saturated carbocycles. The van der Waals surface area contributed by atoms with E-state index in [4.69, 9.17) is 0 Å². The number of ketones is 1. The first kappa shape index (κ1) is 11.7. The van der Waals surface area contributed by atoms with Gasteiger partial charge in [-0.2, -0.15) is 0 Å². The first-order valence-electron chi connectivity index (χ1n) is 5.16. The summed E-state index contributed by atoms with van der Waals surface area (Å²) in [6.07, 6.45) is 5.15. The Morgan fingerprint density at radius 1 is 1.47 bits per heavy atom. The molecule has 0 saturated heterocycles. The Hall–Kier alpha value is -1.41. The molecule has 1 aromatic rings. The van der Waals surface area contributed by atoms with Gasteiger partial charge in [-0.15, -0.1) is 0 Å². The fraction of sp³-hybridized carbons (Fsp3) is 0.308. The van der Waals surface area contributed by atoms with Crippen molar-refractivity contribution in [3.63, 3.8) is 0 Å². The SMILES string of the molecule is CNCCC=Cc1cccc(C(C)=O)c1. The maximum Gasteiger partial charge on any atom is 0.159 e. The maximum atomic E-state index is 11.1. The van der Waals surface area contributed by atoms with Crippen molar-refractivity contribution in [2.75, 3.05) is 13.6 Å². The van der Waals surface area contributed by atoms with E-state index in [1.807, 2.05) is 37.4 Å². The second-order valence-corrected chi connectivity index (χ2v) is 3.48. The highest BCUT2D eigenvalue weighted by Crippen LogP contribution is 2.08. The van der Waals surface area contributed by atoms with E-state index >= 15 is 0 Å². The zero-order chi connectivity index (χ0) is 11.1. The maximum absolute atomic E-state index is 11.1. The standard InChI is InChI=1S/C13H17NO/c1-11(15)13-8-5-7-12(10-13)6-3-4-9-14-2/h3,5-8,10,14H,4,9H2,1-2H3. The molecule has 0 bridgehead atoms. The normalized spacial score (nSPS) is 10.8. The summed E-state index contributed by atoms with van der Waals surface area (Å²) in [5.74, 6) is 0.112. The van der Waals surface area contributed by atoms with Crippen LogP contribution in [0.4, 0.5) is 0 Å². The van der Waals surface area contributed by atoms with E-state index in [0.29, 0.717) is 0 Å². The number of Topliss-reactive ketones (excluding diaryl/α,β-unsaturated/α-hetero) is 1. The smallest absolute Gasteiger partial charge is 0.159 e. The second-order valence-electron chi connectivity index (χ2n) is 3.48. The molecular formula is C13H17NO. The van der Waals surface area contributed by atoms with Crippen molar-refractivity contribution in [1.29, 1.82) is 0 Å². The van der Waals surface area contributed by atoms with Crippen LogP contribution in [-0.2, 0) is 0 Å². The molecule has 1 aromatic carbocycles. The number of carbonyl (C=O) groups is 1. The summed E-state index contributed by atoms with van der Waals surface area (Å²) in [5.41, 5.74) is 1.85. The molecule has 0 unspecified atom stereocenters. The summed E-state index contributed by atoms with van der Waals surface area (Å²) in [6.45, 7) is 2.56. The third-order valence-electron chi connectivity index (χ3n) is 2.16. The van der Waals surface area contributed by atoms with Crippen molar-refractivity contribution in [3.8, 4) is 0 Å². The molecule has 2 heteroatoms. The molecule has 1 rings (SSSR count). The van der Waals surface area contributed by atoms with E-state index < -0.39 is 0 Å². The molecule has 0 spiro atoms. The average Bonchev–Trinajstić information content (AvgIpc) is 2.25. The van der Waals surface area contributed by atoms with Crippen molar-refractivity contribution >= 4 is 11.9 Å². The molecule has 0 aliphatic rings. The molecular weight excluding hydrogens is 186 g/mol. The van der Waals surface area contributed by atoms with Gasteiger partial charge in [0, 0.05) is 5.56 Å². The van der Waals surface area contributed by atoms with Gasteiger partial charge in [0.1, 0.15) is 0 Å². The molecule has 0 radical (unpaired) electrons. The molecule has 2 nitrogen and oxygen atoms in total. The quantitative estimate of drug-likeness (QED) is 0.588. The van der Waals surface area contributed by atoms with Crippen LogP contribution in [0.1, 0.15) is 29.3 Å². The monoisotopic (exact) mass is 203 g/mol. The summed E-state index contributed by atoms with van der Waals surface area (Å²) < 4.78 is 0. The van der Waals surface area contributed by atoms with E-state index in [2.05, 4.69) is 11.4 Å².